The summed E-state index contributed by atoms with van der Waals surface area (Å²) in [5.74, 6) is 2.10. The molecule has 132 valence electrons. The van der Waals surface area contributed by atoms with Crippen LogP contribution in [-0.2, 0) is 70.2 Å². The third-order valence-electron chi connectivity index (χ3n) is 5.79. The van der Waals surface area contributed by atoms with Gasteiger partial charge in [0.25, 0.3) is 0 Å². The van der Waals surface area contributed by atoms with Crippen molar-refractivity contribution < 1.29 is 79.3 Å². The average Bonchev–Trinajstić information content (AvgIpc) is 2.56. The van der Waals surface area contributed by atoms with Crippen molar-refractivity contribution in [2.45, 2.75) is 58.3 Å². The Morgan fingerprint density at radius 3 is 2.16 bits per heavy atom. The second kappa shape index (κ2) is 11.6. The van der Waals surface area contributed by atoms with Crippen LogP contribution in [0.5, 0.6) is 5.75 Å². The third-order valence-corrected chi connectivity index (χ3v) is 5.79. The van der Waals surface area contributed by atoms with Gasteiger partial charge in [0.15, 0.2) is 0 Å². The molecule has 0 spiro atoms. The number of rotatable bonds is 3. The molecule has 0 atom stereocenters. The molecular formula is C20H26FO2Y2-. The Labute approximate surface area is 201 Å². The number of esters is 1. The zero-order chi connectivity index (χ0) is 16.2. The fraction of sp³-hybridized carbons (Fsp3) is 0.650. The van der Waals surface area contributed by atoms with Crippen LogP contribution in [0.15, 0.2) is 18.2 Å². The summed E-state index contributed by atoms with van der Waals surface area (Å²) >= 11 is 0. The van der Waals surface area contributed by atoms with Gasteiger partial charge >= 0.3 is 5.97 Å². The van der Waals surface area contributed by atoms with E-state index in [9.17, 15) is 9.18 Å². The number of halogens is 1. The molecule has 0 saturated heterocycles. The first kappa shape index (κ1) is 23.9. The SMILES string of the molecule is CC1CCC(C2CCC(C(=O)Oc3cc[c-]c(F)c3)CC2)CC1.[Y].[Y]. The van der Waals surface area contributed by atoms with E-state index in [1.54, 1.807) is 6.07 Å². The molecule has 2 nitrogen and oxygen atoms in total. The van der Waals surface area contributed by atoms with Gasteiger partial charge in [0.2, 0.25) is 0 Å². The minimum absolute atomic E-state index is 0. The first-order valence-electron chi connectivity index (χ1n) is 9.00. The standard InChI is InChI=1S/C20H26FO2.2Y/c1-14-5-7-15(8-6-14)16-9-11-17(12-10-16)20(22)23-19-4-2-3-18(21)13-19;;/h2,4,13-17H,5-12H2,1H3;;/q-1;;. The molecule has 0 amide bonds. The largest absolute Gasteiger partial charge is 0.453 e. The van der Waals surface area contributed by atoms with Gasteiger partial charge in [-0.05, 0) is 56.3 Å². The van der Waals surface area contributed by atoms with Gasteiger partial charge in [-0.1, -0.05) is 25.8 Å². The van der Waals surface area contributed by atoms with Crippen molar-refractivity contribution in [2.24, 2.45) is 23.7 Å². The Kier molecular flexibility index (Phi) is 11.1. The van der Waals surface area contributed by atoms with Crippen molar-refractivity contribution in [3.63, 3.8) is 0 Å². The number of carbonyl (C=O) groups excluding carboxylic acids is 1. The molecule has 2 saturated carbocycles. The van der Waals surface area contributed by atoms with Gasteiger partial charge in [0, 0.05) is 77.0 Å². The number of carbonyl (C=O) groups is 1. The second-order valence-electron chi connectivity index (χ2n) is 7.43. The van der Waals surface area contributed by atoms with Gasteiger partial charge in [0.1, 0.15) is 0 Å². The summed E-state index contributed by atoms with van der Waals surface area (Å²) < 4.78 is 18.4. The fourth-order valence-corrected chi connectivity index (χ4v) is 4.26. The molecule has 0 N–H and O–H groups in total. The third kappa shape index (κ3) is 7.05. The van der Waals surface area contributed by atoms with Gasteiger partial charge in [-0.2, -0.15) is 6.07 Å². The maximum absolute atomic E-state index is 13.1. The van der Waals surface area contributed by atoms with Gasteiger partial charge in [0.05, 0.1) is 5.92 Å². The first-order valence-corrected chi connectivity index (χ1v) is 9.00. The van der Waals surface area contributed by atoms with Crippen molar-refractivity contribution >= 4 is 5.97 Å². The topological polar surface area (TPSA) is 26.3 Å². The summed E-state index contributed by atoms with van der Waals surface area (Å²) in [5, 5.41) is 0. The molecule has 1 aromatic rings. The molecular weight excluding hydrogens is 469 g/mol. The molecule has 0 unspecified atom stereocenters. The maximum Gasteiger partial charge on any atom is 0.312 e. The number of benzene rings is 1. The molecule has 2 fully saturated rings. The zero-order valence-electron chi connectivity index (χ0n) is 15.0. The van der Waals surface area contributed by atoms with Crippen LogP contribution in [0.4, 0.5) is 4.39 Å². The molecule has 3 rings (SSSR count). The van der Waals surface area contributed by atoms with Gasteiger partial charge < -0.3 is 4.74 Å². The molecule has 0 aromatic heterocycles. The van der Waals surface area contributed by atoms with Crippen molar-refractivity contribution in [1.29, 1.82) is 0 Å². The molecule has 2 radical (unpaired) electrons. The van der Waals surface area contributed by atoms with E-state index in [2.05, 4.69) is 13.0 Å². The van der Waals surface area contributed by atoms with E-state index >= 15 is 0 Å². The summed E-state index contributed by atoms with van der Waals surface area (Å²) in [4.78, 5) is 12.2. The average molecular weight is 495 g/mol. The van der Waals surface area contributed by atoms with Crippen molar-refractivity contribution in [2.75, 3.05) is 0 Å². The van der Waals surface area contributed by atoms with Crippen LogP contribution in [0.1, 0.15) is 58.3 Å². The van der Waals surface area contributed by atoms with Crippen LogP contribution >= 0.6 is 0 Å². The Hall–Kier alpha value is 0.828. The predicted octanol–water partition coefficient (Wildman–Crippen LogP) is 5.16. The van der Waals surface area contributed by atoms with Crippen LogP contribution in [0.25, 0.3) is 0 Å². The van der Waals surface area contributed by atoms with Crippen LogP contribution in [-0.4, -0.2) is 5.97 Å². The summed E-state index contributed by atoms with van der Waals surface area (Å²) in [6.07, 6.45) is 9.55. The second-order valence-corrected chi connectivity index (χ2v) is 7.43. The number of ether oxygens (including phenoxy) is 1. The maximum atomic E-state index is 13.1. The van der Waals surface area contributed by atoms with Crippen LogP contribution in [0, 0.1) is 35.6 Å². The quantitative estimate of drug-likeness (QED) is 0.329. The van der Waals surface area contributed by atoms with E-state index in [1.165, 1.54) is 37.8 Å². The van der Waals surface area contributed by atoms with Gasteiger partial charge in [-0.15, -0.1) is 12.1 Å². The van der Waals surface area contributed by atoms with E-state index in [4.69, 9.17) is 4.74 Å². The zero-order valence-corrected chi connectivity index (χ0v) is 20.7. The fourth-order valence-electron chi connectivity index (χ4n) is 4.26. The molecule has 0 bridgehead atoms. The van der Waals surface area contributed by atoms with E-state index in [1.807, 2.05) is 0 Å². The predicted molar refractivity (Wildman–Crippen MR) is 87.4 cm³/mol. The molecule has 25 heavy (non-hydrogen) atoms. The van der Waals surface area contributed by atoms with Gasteiger partial charge in [-0.25, -0.2) is 4.39 Å². The van der Waals surface area contributed by atoms with E-state index in [-0.39, 0.29) is 83.1 Å². The van der Waals surface area contributed by atoms with Crippen LogP contribution < -0.4 is 4.74 Å². The van der Waals surface area contributed by atoms with Gasteiger partial charge in [-0.3, -0.25) is 4.79 Å². The molecule has 1 aromatic carbocycles. The van der Waals surface area contributed by atoms with E-state index in [0.717, 1.165) is 43.4 Å². The van der Waals surface area contributed by atoms with Crippen LogP contribution in [0.2, 0.25) is 0 Å². The minimum atomic E-state index is -0.495. The van der Waals surface area contributed by atoms with Crippen molar-refractivity contribution in [3.05, 3.63) is 30.1 Å². The van der Waals surface area contributed by atoms with Crippen LogP contribution in [0.3, 0.4) is 0 Å². The van der Waals surface area contributed by atoms with Crippen molar-refractivity contribution in [1.82, 2.24) is 0 Å². The molecule has 0 aliphatic heterocycles. The molecule has 5 heteroatoms. The molecule has 0 heterocycles. The van der Waals surface area contributed by atoms with Crippen molar-refractivity contribution in [3.8, 4) is 5.75 Å². The summed E-state index contributed by atoms with van der Waals surface area (Å²) in [6.45, 7) is 2.35. The van der Waals surface area contributed by atoms with E-state index in [0.29, 0.717) is 0 Å². The Bertz CT molecular complexity index is 536. The Morgan fingerprint density at radius 2 is 1.60 bits per heavy atom. The smallest absolute Gasteiger partial charge is 0.312 e. The molecule has 2 aliphatic rings. The summed E-state index contributed by atoms with van der Waals surface area (Å²) in [6, 6.07) is 6.65. The Morgan fingerprint density at radius 1 is 1.04 bits per heavy atom. The molecule has 2 aliphatic carbocycles. The normalized spacial score (nSPS) is 29.0. The summed E-state index contributed by atoms with van der Waals surface area (Å²) in [5.41, 5.74) is 0. The number of hydrogen-bond acceptors (Lipinski definition) is 2. The Balaban J connectivity index is 0.00000156. The van der Waals surface area contributed by atoms with E-state index < -0.39 is 5.82 Å². The minimum Gasteiger partial charge on any atom is -0.453 e. The first-order chi connectivity index (χ1) is 11.1. The summed E-state index contributed by atoms with van der Waals surface area (Å²) in [7, 11) is 0. The monoisotopic (exact) mass is 495 g/mol. The number of hydrogen-bond donors (Lipinski definition) is 0.